The second kappa shape index (κ2) is 5.29. The van der Waals surface area contributed by atoms with Gasteiger partial charge in [-0.3, -0.25) is 0 Å². The van der Waals surface area contributed by atoms with E-state index in [2.05, 4.69) is 5.10 Å². The van der Waals surface area contributed by atoms with E-state index in [9.17, 15) is 13.4 Å². The van der Waals surface area contributed by atoms with Gasteiger partial charge >= 0.3 is 7.05 Å². The second-order valence-electron chi connectivity index (χ2n) is 4.59. The maximum atomic E-state index is 12.5. The maximum Gasteiger partial charge on any atom is 0.494 e. The summed E-state index contributed by atoms with van der Waals surface area (Å²) < 4.78 is 26.5. The number of aryl methyl sites for hydroxylation is 1. The Morgan fingerprint density at radius 1 is 1.33 bits per heavy atom. The van der Waals surface area contributed by atoms with E-state index in [1.54, 1.807) is 18.2 Å². The minimum atomic E-state index is -3.86. The molecule has 0 spiro atoms. The summed E-state index contributed by atoms with van der Waals surface area (Å²) in [5.74, 6) is 0. The van der Waals surface area contributed by atoms with Gasteiger partial charge in [0.15, 0.2) is 0 Å². The molecular formula is C13H13BN2O3S2. The fourth-order valence-corrected chi connectivity index (χ4v) is 4.50. The van der Waals surface area contributed by atoms with Crippen LogP contribution in [0.4, 0.5) is 0 Å². The van der Waals surface area contributed by atoms with Crippen molar-refractivity contribution in [1.82, 2.24) is 4.33 Å². The van der Waals surface area contributed by atoms with Crippen molar-refractivity contribution in [3.8, 4) is 0 Å². The van der Waals surface area contributed by atoms with E-state index in [0.717, 1.165) is 21.2 Å². The fraction of sp³-hybridized carbons (Fsp3) is 0.154. The lowest BCUT2D eigenvalue weighted by molar-refractivity contribution is 0.477. The first-order valence-corrected chi connectivity index (χ1v) is 8.74. The highest BCUT2D eigenvalue weighted by Crippen LogP contribution is 2.22. The monoisotopic (exact) mass is 320 g/mol. The van der Waals surface area contributed by atoms with E-state index in [-0.39, 0.29) is 4.90 Å². The molecule has 0 bridgehead atoms. The minimum Gasteiger partial charge on any atom is -0.426 e. The third-order valence-electron chi connectivity index (χ3n) is 3.23. The molecule has 0 atom stereocenters. The lowest BCUT2D eigenvalue weighted by atomic mass is 9.80. The lowest BCUT2D eigenvalue weighted by Gasteiger charge is -2.24. The van der Waals surface area contributed by atoms with Gasteiger partial charge in [-0.05, 0) is 24.6 Å². The minimum absolute atomic E-state index is 0.108. The third kappa shape index (κ3) is 2.39. The predicted molar refractivity (Wildman–Crippen MR) is 84.4 cm³/mol. The SMILES string of the molecule is CCc1cc2c(s1)B(O)N(S(=O)(=O)c1ccccc1)N=C2. The Morgan fingerprint density at radius 3 is 2.71 bits per heavy atom. The van der Waals surface area contributed by atoms with Gasteiger partial charge in [0.2, 0.25) is 0 Å². The van der Waals surface area contributed by atoms with Gasteiger partial charge in [-0.15, -0.1) is 11.3 Å². The van der Waals surface area contributed by atoms with Crippen LogP contribution < -0.4 is 4.78 Å². The van der Waals surface area contributed by atoms with Gasteiger partial charge in [0.05, 0.1) is 11.1 Å². The van der Waals surface area contributed by atoms with Gasteiger partial charge in [0, 0.05) is 15.2 Å². The Morgan fingerprint density at radius 2 is 2.05 bits per heavy atom. The van der Waals surface area contributed by atoms with Crippen LogP contribution in [0.2, 0.25) is 0 Å². The molecule has 0 aliphatic carbocycles. The summed E-state index contributed by atoms with van der Waals surface area (Å²) in [6.07, 6.45) is 2.32. The topological polar surface area (TPSA) is 70.0 Å². The van der Waals surface area contributed by atoms with Crippen molar-refractivity contribution in [2.75, 3.05) is 0 Å². The summed E-state index contributed by atoms with van der Waals surface area (Å²) in [7, 11) is -5.14. The number of rotatable bonds is 3. The summed E-state index contributed by atoms with van der Waals surface area (Å²) >= 11 is 1.41. The van der Waals surface area contributed by atoms with Crippen LogP contribution in [0.15, 0.2) is 46.4 Å². The summed E-state index contributed by atoms with van der Waals surface area (Å²) in [4.78, 5) is 1.20. The van der Waals surface area contributed by atoms with Gasteiger partial charge in [0.25, 0.3) is 10.0 Å². The van der Waals surface area contributed by atoms with Crippen LogP contribution in [0.5, 0.6) is 0 Å². The molecule has 5 nitrogen and oxygen atoms in total. The average molecular weight is 320 g/mol. The molecule has 1 aliphatic rings. The molecule has 108 valence electrons. The average Bonchev–Trinajstić information content (AvgIpc) is 2.92. The number of benzene rings is 1. The van der Waals surface area contributed by atoms with Gasteiger partial charge < -0.3 is 5.02 Å². The van der Waals surface area contributed by atoms with Gasteiger partial charge in [-0.2, -0.15) is 9.43 Å². The number of sulfonamides is 1. The normalized spacial score (nSPS) is 14.4. The molecule has 0 amide bonds. The Hall–Kier alpha value is -1.64. The molecule has 8 heteroatoms. The van der Waals surface area contributed by atoms with Crippen LogP contribution >= 0.6 is 11.3 Å². The first-order chi connectivity index (χ1) is 10.0. The molecular weight excluding hydrogens is 307 g/mol. The van der Waals surface area contributed by atoms with E-state index >= 15 is 0 Å². The first-order valence-electron chi connectivity index (χ1n) is 6.48. The Kier molecular flexibility index (Phi) is 3.60. The zero-order chi connectivity index (χ0) is 15.0. The molecule has 2 aromatic rings. The number of hydrazone groups is 1. The number of thiophene rings is 1. The Bertz CT molecular complexity index is 787. The van der Waals surface area contributed by atoms with E-state index in [1.165, 1.54) is 29.7 Å². The number of hydrogen-bond acceptors (Lipinski definition) is 5. The molecule has 21 heavy (non-hydrogen) atoms. The Labute approximate surface area is 127 Å². The van der Waals surface area contributed by atoms with Crippen molar-refractivity contribution in [1.29, 1.82) is 0 Å². The highest BCUT2D eigenvalue weighted by Gasteiger charge is 2.39. The largest absolute Gasteiger partial charge is 0.494 e. The van der Waals surface area contributed by atoms with Crippen molar-refractivity contribution < 1.29 is 13.4 Å². The van der Waals surface area contributed by atoms with Crippen LogP contribution in [-0.2, 0) is 16.4 Å². The standard InChI is InChI=1S/C13H13BN2O3S2/c1-2-11-8-10-9-15-16(14(17)13(10)20-11)21(18,19)12-6-4-3-5-7-12/h3-9,17H,2H2,1H3. The molecule has 2 heterocycles. The van der Waals surface area contributed by atoms with Crippen molar-refractivity contribution >= 4 is 39.4 Å². The fourth-order valence-electron chi connectivity index (χ4n) is 2.13. The smallest absolute Gasteiger partial charge is 0.426 e. The first kappa shape index (κ1) is 14.3. The molecule has 3 rings (SSSR count). The van der Waals surface area contributed by atoms with Crippen molar-refractivity contribution in [3.05, 3.63) is 46.8 Å². The van der Waals surface area contributed by atoms with Gasteiger partial charge in [-0.1, -0.05) is 25.1 Å². The highest BCUT2D eigenvalue weighted by molar-refractivity contribution is 7.90. The molecule has 1 aliphatic heterocycles. The summed E-state index contributed by atoms with van der Waals surface area (Å²) in [5, 5.41) is 14.3. The quantitative estimate of drug-likeness (QED) is 0.859. The van der Waals surface area contributed by atoms with Crippen LogP contribution in [0.25, 0.3) is 0 Å². The molecule has 0 radical (unpaired) electrons. The van der Waals surface area contributed by atoms with Gasteiger partial charge in [0.1, 0.15) is 0 Å². The summed E-state index contributed by atoms with van der Waals surface area (Å²) in [6.45, 7) is 2.01. The molecule has 0 unspecified atom stereocenters. The maximum absolute atomic E-state index is 12.5. The lowest BCUT2D eigenvalue weighted by Crippen LogP contribution is -2.50. The van der Waals surface area contributed by atoms with E-state index < -0.39 is 17.1 Å². The van der Waals surface area contributed by atoms with E-state index in [1.807, 2.05) is 13.0 Å². The van der Waals surface area contributed by atoms with Crippen LogP contribution in [0.3, 0.4) is 0 Å². The van der Waals surface area contributed by atoms with E-state index in [4.69, 9.17) is 0 Å². The number of hydrogen-bond donors (Lipinski definition) is 1. The molecule has 0 fully saturated rings. The number of fused-ring (bicyclic) bond motifs is 1. The molecule has 0 saturated carbocycles. The van der Waals surface area contributed by atoms with E-state index in [0.29, 0.717) is 4.78 Å². The second-order valence-corrected chi connectivity index (χ2v) is 7.56. The predicted octanol–water partition coefficient (Wildman–Crippen LogP) is 1.04. The van der Waals surface area contributed by atoms with Crippen molar-refractivity contribution in [2.45, 2.75) is 18.2 Å². The molecule has 1 aromatic heterocycles. The van der Waals surface area contributed by atoms with Crippen molar-refractivity contribution in [3.63, 3.8) is 0 Å². The highest BCUT2D eigenvalue weighted by atomic mass is 32.2. The van der Waals surface area contributed by atoms with Crippen LogP contribution in [-0.4, -0.2) is 31.0 Å². The summed E-state index contributed by atoms with van der Waals surface area (Å²) in [5.41, 5.74) is 0.781. The number of nitrogens with zero attached hydrogens (tertiary/aromatic N) is 2. The molecule has 1 N–H and O–H groups in total. The Balaban J connectivity index is 2.02. The van der Waals surface area contributed by atoms with Gasteiger partial charge in [-0.25, -0.2) is 8.42 Å². The van der Waals surface area contributed by atoms with Crippen molar-refractivity contribution in [2.24, 2.45) is 5.10 Å². The zero-order valence-electron chi connectivity index (χ0n) is 11.3. The molecule has 0 saturated heterocycles. The third-order valence-corrected chi connectivity index (χ3v) is 6.22. The molecule has 1 aromatic carbocycles. The zero-order valence-corrected chi connectivity index (χ0v) is 12.9. The van der Waals surface area contributed by atoms with Crippen LogP contribution in [0.1, 0.15) is 17.4 Å². The summed E-state index contributed by atoms with van der Waals surface area (Å²) in [6, 6.07) is 9.91. The van der Waals surface area contributed by atoms with Crippen LogP contribution in [0, 0.1) is 0 Å².